The van der Waals surface area contributed by atoms with Gasteiger partial charge in [0.05, 0.1) is 13.2 Å². The minimum absolute atomic E-state index is 0. The van der Waals surface area contributed by atoms with E-state index >= 15 is 0 Å². The third-order valence-electron chi connectivity index (χ3n) is 4.43. The van der Waals surface area contributed by atoms with E-state index in [1.165, 1.54) is 83.6 Å². The summed E-state index contributed by atoms with van der Waals surface area (Å²) in [6.45, 7) is 7.77. The van der Waals surface area contributed by atoms with Gasteiger partial charge in [-0.1, -0.05) is 77.6 Å². The molecule has 0 aromatic rings. The van der Waals surface area contributed by atoms with Crippen molar-refractivity contribution < 1.29 is 28.7 Å². The molecule has 12 N–H and O–H groups in total. The number of unbranched alkanes of at least 4 members (excludes halogenated alkanes) is 11. The Labute approximate surface area is 177 Å². The lowest BCUT2D eigenvalue weighted by atomic mass is 10.1. The lowest BCUT2D eigenvalue weighted by Crippen LogP contribution is -2.36. The number of morpholine rings is 1. The molecule has 0 saturated carbocycles. The van der Waals surface area contributed by atoms with Crippen molar-refractivity contribution >= 4 is 7.82 Å². The first-order valence-electron chi connectivity index (χ1n) is 10.0. The number of hydrogen-bond acceptors (Lipinski definition) is 6. The zero-order valence-corrected chi connectivity index (χ0v) is 19.5. The molecule has 0 atom stereocenters. The molecule has 1 aliphatic heterocycles. The molecule has 0 amide bonds. The fraction of sp³-hybridized carbons (Fsp3) is 1.00. The molecule has 0 bridgehead atoms. The Balaban J connectivity index is -0.000000191. The highest BCUT2D eigenvalue weighted by Gasteiger charge is 2.08. The lowest BCUT2D eigenvalue weighted by molar-refractivity contribution is 0.0371. The maximum Gasteiger partial charge on any atom is 0.466 e. The third-order valence-corrected chi connectivity index (χ3v) is 4.43. The molecule has 1 heterocycles. The normalized spacial score (nSPS) is 13.5. The second-order valence-electron chi connectivity index (χ2n) is 6.86. The van der Waals surface area contributed by atoms with Crippen molar-refractivity contribution in [2.45, 2.75) is 84.0 Å². The minimum atomic E-state index is -4.64. The topological polar surface area (TPSA) is 195 Å². The average molecular weight is 453 g/mol. The molecule has 1 saturated heterocycles. The number of hydrogen-bond donors (Lipinski definition) is 6. The van der Waals surface area contributed by atoms with Crippen LogP contribution in [0.15, 0.2) is 0 Å². The van der Waals surface area contributed by atoms with Crippen LogP contribution < -0.4 is 18.5 Å². The van der Waals surface area contributed by atoms with Gasteiger partial charge in [0.2, 0.25) is 0 Å². The Bertz CT molecular complexity index is 327. The standard InChI is InChI=1S/C18H37NO.FH.3H3N.H3O4P/c1-2-3-4-5-6-7-8-9-10-11-12-13-14-19-15-17-20-18-16-19;;;;;1-5(2,3)4/h2-18H2,1H3;1H;3*1H3;(H3,1,2,3,4). The SMILES string of the molecule is CCCCCCCCCCCCCCN1CCOCC1.F.N.N.N.O=P(O)(O)O. The highest BCUT2D eigenvalue weighted by Crippen LogP contribution is 2.25. The van der Waals surface area contributed by atoms with Crippen LogP contribution in [0.3, 0.4) is 0 Å². The van der Waals surface area contributed by atoms with Crippen LogP contribution in [-0.2, 0) is 9.30 Å². The van der Waals surface area contributed by atoms with Crippen LogP contribution in [0, 0.1) is 0 Å². The number of ether oxygens (including phenoxy) is 1. The third kappa shape index (κ3) is 39.0. The van der Waals surface area contributed by atoms with E-state index in [1.807, 2.05) is 0 Å². The first kappa shape index (κ1) is 39.3. The summed E-state index contributed by atoms with van der Waals surface area (Å²) in [4.78, 5) is 24.1. The van der Waals surface area contributed by atoms with Gasteiger partial charge in [-0.25, -0.2) is 4.57 Å². The summed E-state index contributed by atoms with van der Waals surface area (Å²) in [5.41, 5.74) is 0. The Morgan fingerprint density at radius 3 is 1.38 bits per heavy atom. The van der Waals surface area contributed by atoms with E-state index in [-0.39, 0.29) is 23.2 Å². The summed E-state index contributed by atoms with van der Waals surface area (Å²) < 4.78 is 14.3. The Kier molecular flexibility index (Phi) is 37.8. The molecule has 0 aromatic heterocycles. The predicted octanol–water partition coefficient (Wildman–Crippen LogP) is 4.73. The molecule has 29 heavy (non-hydrogen) atoms. The van der Waals surface area contributed by atoms with E-state index in [9.17, 15) is 0 Å². The maximum atomic E-state index is 8.88. The van der Waals surface area contributed by atoms with Gasteiger partial charge in [-0.15, -0.1) is 0 Å². The maximum absolute atomic E-state index is 8.88. The largest absolute Gasteiger partial charge is 0.466 e. The zero-order chi connectivity index (χ0) is 18.8. The van der Waals surface area contributed by atoms with Crippen LogP contribution in [0.1, 0.15) is 84.0 Å². The molecule has 0 radical (unpaired) electrons. The van der Waals surface area contributed by atoms with Crippen molar-refractivity contribution in [2.75, 3.05) is 32.8 Å². The summed E-state index contributed by atoms with van der Waals surface area (Å²) in [6, 6.07) is 0. The number of halogens is 1. The molecule has 1 fully saturated rings. The Morgan fingerprint density at radius 2 is 1.03 bits per heavy atom. The van der Waals surface area contributed by atoms with Gasteiger partial charge in [0.1, 0.15) is 0 Å². The Hall–Kier alpha value is -0.160. The molecule has 0 aliphatic carbocycles. The van der Waals surface area contributed by atoms with Crippen LogP contribution in [0.5, 0.6) is 0 Å². The van der Waals surface area contributed by atoms with Crippen LogP contribution in [0.25, 0.3) is 0 Å². The summed E-state index contributed by atoms with van der Waals surface area (Å²) in [5.74, 6) is 0. The van der Waals surface area contributed by atoms with Gasteiger partial charge in [-0.3, -0.25) is 9.60 Å². The smallest absolute Gasteiger partial charge is 0.379 e. The highest BCUT2D eigenvalue weighted by molar-refractivity contribution is 7.45. The molecule has 9 nitrogen and oxygen atoms in total. The molecule has 0 unspecified atom stereocenters. The predicted molar refractivity (Wildman–Crippen MR) is 120 cm³/mol. The van der Waals surface area contributed by atoms with E-state index in [0.717, 1.165) is 26.3 Å². The quantitative estimate of drug-likeness (QED) is 0.169. The van der Waals surface area contributed by atoms with Gasteiger partial charge in [0, 0.05) is 13.1 Å². The summed E-state index contributed by atoms with van der Waals surface area (Å²) >= 11 is 0. The van der Waals surface area contributed by atoms with Crippen molar-refractivity contribution in [3.63, 3.8) is 0 Å². The van der Waals surface area contributed by atoms with Crippen LogP contribution >= 0.6 is 7.82 Å². The molecule has 0 spiro atoms. The molecular formula is C18H50FN4O5P. The van der Waals surface area contributed by atoms with Gasteiger partial charge in [0.15, 0.2) is 0 Å². The first-order valence-corrected chi connectivity index (χ1v) is 11.6. The average Bonchev–Trinajstić information content (AvgIpc) is 2.55. The Morgan fingerprint density at radius 1 is 0.724 bits per heavy atom. The minimum Gasteiger partial charge on any atom is -0.379 e. The van der Waals surface area contributed by atoms with E-state index in [2.05, 4.69) is 11.8 Å². The zero-order valence-electron chi connectivity index (χ0n) is 18.6. The molecule has 1 aliphatic rings. The monoisotopic (exact) mass is 452 g/mol. The van der Waals surface area contributed by atoms with Crippen molar-refractivity contribution in [1.29, 1.82) is 0 Å². The lowest BCUT2D eigenvalue weighted by Gasteiger charge is -2.26. The molecule has 1 rings (SSSR count). The van der Waals surface area contributed by atoms with Gasteiger partial charge < -0.3 is 37.9 Å². The van der Waals surface area contributed by atoms with Crippen molar-refractivity contribution in [2.24, 2.45) is 0 Å². The van der Waals surface area contributed by atoms with Crippen LogP contribution in [-0.4, -0.2) is 52.4 Å². The van der Waals surface area contributed by atoms with E-state index in [4.69, 9.17) is 24.0 Å². The van der Waals surface area contributed by atoms with Gasteiger partial charge in [-0.2, -0.15) is 0 Å². The van der Waals surface area contributed by atoms with E-state index < -0.39 is 7.82 Å². The van der Waals surface area contributed by atoms with Crippen molar-refractivity contribution in [3.8, 4) is 0 Å². The van der Waals surface area contributed by atoms with Gasteiger partial charge in [0.25, 0.3) is 0 Å². The summed E-state index contributed by atoms with van der Waals surface area (Å²) in [5, 5.41) is 0. The summed E-state index contributed by atoms with van der Waals surface area (Å²) in [6.07, 6.45) is 17.3. The van der Waals surface area contributed by atoms with Crippen LogP contribution in [0.4, 0.5) is 4.70 Å². The molecular weight excluding hydrogens is 402 g/mol. The van der Waals surface area contributed by atoms with Gasteiger partial charge in [-0.05, 0) is 13.0 Å². The molecule has 184 valence electrons. The number of phosphoric acid groups is 1. The molecule has 0 aromatic carbocycles. The molecule has 11 heteroatoms. The number of rotatable bonds is 13. The highest BCUT2D eigenvalue weighted by atomic mass is 31.2. The first-order chi connectivity index (χ1) is 11.9. The van der Waals surface area contributed by atoms with Crippen molar-refractivity contribution in [1.82, 2.24) is 23.4 Å². The second-order valence-corrected chi connectivity index (χ2v) is 7.88. The second kappa shape index (κ2) is 27.8. The number of nitrogens with zero attached hydrogens (tertiary/aromatic N) is 1. The fourth-order valence-electron chi connectivity index (χ4n) is 3.00. The van der Waals surface area contributed by atoms with Crippen molar-refractivity contribution in [3.05, 3.63) is 0 Å². The summed E-state index contributed by atoms with van der Waals surface area (Å²) in [7, 11) is -4.64. The van der Waals surface area contributed by atoms with Crippen LogP contribution in [0.2, 0.25) is 0 Å². The fourth-order valence-corrected chi connectivity index (χ4v) is 3.00. The van der Waals surface area contributed by atoms with Gasteiger partial charge >= 0.3 is 7.82 Å². The van der Waals surface area contributed by atoms with E-state index in [1.54, 1.807) is 0 Å². The van der Waals surface area contributed by atoms with E-state index in [0.29, 0.717) is 0 Å².